The first-order valence-electron chi connectivity index (χ1n) is 9.92. The van der Waals surface area contributed by atoms with E-state index in [1.54, 1.807) is 13.2 Å². The fourth-order valence-corrected chi connectivity index (χ4v) is 4.01. The van der Waals surface area contributed by atoms with Crippen molar-refractivity contribution in [2.45, 2.75) is 25.9 Å². The molecule has 0 spiro atoms. The summed E-state index contributed by atoms with van der Waals surface area (Å²) in [7, 11) is 2.86. The van der Waals surface area contributed by atoms with Crippen LogP contribution in [-0.2, 0) is 22.5 Å². The Hall–Kier alpha value is -3.32. The zero-order valence-electron chi connectivity index (χ0n) is 17.3. The number of benzene rings is 2. The summed E-state index contributed by atoms with van der Waals surface area (Å²) >= 11 is 0. The number of amides is 1. The lowest BCUT2D eigenvalue weighted by molar-refractivity contribution is -0.121. The van der Waals surface area contributed by atoms with Crippen molar-refractivity contribution in [1.82, 2.24) is 9.88 Å². The Labute approximate surface area is 175 Å². The van der Waals surface area contributed by atoms with Crippen molar-refractivity contribution >= 4 is 28.5 Å². The van der Waals surface area contributed by atoms with Crippen LogP contribution in [0.25, 0.3) is 10.9 Å². The number of rotatable bonds is 5. The second kappa shape index (κ2) is 8.20. The highest BCUT2D eigenvalue weighted by Crippen LogP contribution is 2.36. The molecular formula is C23H25N3O4. The third kappa shape index (κ3) is 3.52. The van der Waals surface area contributed by atoms with E-state index in [-0.39, 0.29) is 17.6 Å². The standard InChI is InChI=1S/C23H25N3O4/c1-14(26-12-11-15-7-4-5-8-16(15)13-26)22(27)25-20-19-17(9-6-10-18(19)29-2)24-21(20)23(28)30-3/h4-10,14,24H,11-13H2,1-3H3,(H,25,27)/t14-/m0/s1. The number of hydrogen-bond acceptors (Lipinski definition) is 5. The van der Waals surface area contributed by atoms with Crippen LogP contribution in [0.3, 0.4) is 0 Å². The molecule has 2 N–H and O–H groups in total. The molecule has 4 rings (SSSR count). The molecule has 2 aromatic carbocycles. The van der Waals surface area contributed by atoms with E-state index >= 15 is 0 Å². The number of carbonyl (C=O) groups is 2. The Kier molecular flexibility index (Phi) is 5.46. The third-order valence-corrected chi connectivity index (χ3v) is 5.73. The molecule has 0 aliphatic carbocycles. The first kappa shape index (κ1) is 20.0. The minimum absolute atomic E-state index is 0.189. The maximum atomic E-state index is 13.2. The third-order valence-electron chi connectivity index (χ3n) is 5.73. The number of ether oxygens (including phenoxy) is 2. The van der Waals surface area contributed by atoms with Crippen LogP contribution >= 0.6 is 0 Å². The Morgan fingerprint density at radius 1 is 1.10 bits per heavy atom. The minimum atomic E-state index is -0.553. The molecule has 2 heterocycles. The van der Waals surface area contributed by atoms with Crippen LogP contribution in [0.1, 0.15) is 28.5 Å². The molecule has 1 aromatic heterocycles. The Balaban J connectivity index is 1.63. The zero-order valence-corrected chi connectivity index (χ0v) is 17.3. The normalized spacial score (nSPS) is 14.8. The Bertz CT molecular complexity index is 1110. The highest BCUT2D eigenvalue weighted by atomic mass is 16.5. The molecule has 1 aliphatic rings. The summed E-state index contributed by atoms with van der Waals surface area (Å²) in [4.78, 5) is 30.7. The molecule has 1 amide bonds. The number of methoxy groups -OCH3 is 2. The number of H-pyrrole nitrogens is 1. The number of nitrogens with one attached hydrogen (secondary N) is 2. The topological polar surface area (TPSA) is 83.7 Å². The highest BCUT2D eigenvalue weighted by molar-refractivity contribution is 6.13. The molecule has 7 nitrogen and oxygen atoms in total. The Morgan fingerprint density at radius 3 is 2.60 bits per heavy atom. The van der Waals surface area contributed by atoms with Gasteiger partial charge in [-0.15, -0.1) is 0 Å². The number of carbonyl (C=O) groups excluding carboxylic acids is 2. The summed E-state index contributed by atoms with van der Waals surface area (Å²) in [6.07, 6.45) is 0.905. The van der Waals surface area contributed by atoms with E-state index < -0.39 is 5.97 Å². The van der Waals surface area contributed by atoms with Gasteiger partial charge in [0.2, 0.25) is 5.91 Å². The van der Waals surface area contributed by atoms with Gasteiger partial charge >= 0.3 is 5.97 Å². The summed E-state index contributed by atoms with van der Waals surface area (Å²) < 4.78 is 10.4. The van der Waals surface area contributed by atoms with Crippen molar-refractivity contribution in [2.75, 3.05) is 26.1 Å². The SMILES string of the molecule is COC(=O)c1[nH]c2cccc(OC)c2c1NC(=O)[C@H](C)N1CCc2ccccc2C1. The summed E-state index contributed by atoms with van der Waals surface area (Å²) in [6, 6.07) is 13.4. The minimum Gasteiger partial charge on any atom is -0.496 e. The van der Waals surface area contributed by atoms with Gasteiger partial charge in [0.1, 0.15) is 11.4 Å². The maximum Gasteiger partial charge on any atom is 0.356 e. The number of hydrogen-bond donors (Lipinski definition) is 2. The summed E-state index contributed by atoms with van der Waals surface area (Å²) in [5.74, 6) is -0.178. The fraction of sp³-hybridized carbons (Fsp3) is 0.304. The van der Waals surface area contributed by atoms with E-state index in [2.05, 4.69) is 27.3 Å². The number of nitrogens with zero attached hydrogens (tertiary/aromatic N) is 1. The van der Waals surface area contributed by atoms with Gasteiger partial charge in [-0.05, 0) is 36.6 Å². The molecule has 0 saturated heterocycles. The molecular weight excluding hydrogens is 382 g/mol. The molecule has 0 unspecified atom stereocenters. The highest BCUT2D eigenvalue weighted by Gasteiger charge is 2.28. The molecule has 0 fully saturated rings. The molecule has 30 heavy (non-hydrogen) atoms. The van der Waals surface area contributed by atoms with Crippen molar-refractivity contribution in [1.29, 1.82) is 0 Å². The maximum absolute atomic E-state index is 13.2. The fourth-order valence-electron chi connectivity index (χ4n) is 4.01. The zero-order chi connectivity index (χ0) is 21.3. The first-order chi connectivity index (χ1) is 14.5. The lowest BCUT2D eigenvalue weighted by Crippen LogP contribution is -2.44. The molecule has 1 aliphatic heterocycles. The van der Waals surface area contributed by atoms with E-state index in [1.165, 1.54) is 18.2 Å². The van der Waals surface area contributed by atoms with Crippen LogP contribution in [0.15, 0.2) is 42.5 Å². The first-order valence-corrected chi connectivity index (χ1v) is 9.92. The van der Waals surface area contributed by atoms with Gasteiger partial charge in [0.05, 0.1) is 36.9 Å². The van der Waals surface area contributed by atoms with Crippen LogP contribution in [0.5, 0.6) is 5.75 Å². The lowest BCUT2D eigenvalue weighted by Gasteiger charge is -2.32. The van der Waals surface area contributed by atoms with Gasteiger partial charge in [-0.3, -0.25) is 9.69 Å². The molecule has 1 atom stereocenters. The second-order valence-electron chi connectivity index (χ2n) is 7.40. The number of anilines is 1. The van der Waals surface area contributed by atoms with Crippen molar-refractivity contribution in [3.8, 4) is 5.75 Å². The van der Waals surface area contributed by atoms with Gasteiger partial charge in [0.25, 0.3) is 0 Å². The predicted octanol–water partition coefficient (Wildman–Crippen LogP) is 3.35. The van der Waals surface area contributed by atoms with Crippen LogP contribution in [0.4, 0.5) is 5.69 Å². The van der Waals surface area contributed by atoms with Crippen LogP contribution in [0, 0.1) is 0 Å². The van der Waals surface area contributed by atoms with E-state index in [4.69, 9.17) is 9.47 Å². The number of aromatic nitrogens is 1. The van der Waals surface area contributed by atoms with Crippen LogP contribution in [0.2, 0.25) is 0 Å². The van der Waals surface area contributed by atoms with Gasteiger partial charge in [0, 0.05) is 13.1 Å². The lowest BCUT2D eigenvalue weighted by atomic mass is 9.98. The monoisotopic (exact) mass is 407 g/mol. The summed E-state index contributed by atoms with van der Waals surface area (Å²) in [5, 5.41) is 3.60. The van der Waals surface area contributed by atoms with Gasteiger partial charge in [0.15, 0.2) is 0 Å². The van der Waals surface area contributed by atoms with Gasteiger partial charge < -0.3 is 19.8 Å². The molecule has 0 bridgehead atoms. The summed E-state index contributed by atoms with van der Waals surface area (Å²) in [5.41, 5.74) is 3.83. The number of fused-ring (bicyclic) bond motifs is 2. The van der Waals surface area contributed by atoms with E-state index in [0.717, 1.165) is 13.0 Å². The number of esters is 1. The molecule has 7 heteroatoms. The van der Waals surface area contributed by atoms with Crippen LogP contribution < -0.4 is 10.1 Å². The molecule has 3 aromatic rings. The van der Waals surface area contributed by atoms with Crippen LogP contribution in [-0.4, -0.2) is 48.6 Å². The molecule has 156 valence electrons. The average molecular weight is 407 g/mol. The van der Waals surface area contributed by atoms with Gasteiger partial charge in [-0.2, -0.15) is 0 Å². The van der Waals surface area contributed by atoms with E-state index in [1.807, 2.05) is 31.2 Å². The number of aromatic amines is 1. The molecule has 0 radical (unpaired) electrons. The summed E-state index contributed by atoms with van der Waals surface area (Å²) in [6.45, 7) is 3.39. The van der Waals surface area contributed by atoms with Gasteiger partial charge in [-0.25, -0.2) is 4.79 Å². The Morgan fingerprint density at radius 2 is 1.87 bits per heavy atom. The van der Waals surface area contributed by atoms with Gasteiger partial charge in [-0.1, -0.05) is 30.3 Å². The molecule has 0 saturated carbocycles. The van der Waals surface area contributed by atoms with Crippen molar-refractivity contribution in [3.05, 3.63) is 59.3 Å². The van der Waals surface area contributed by atoms with Crippen molar-refractivity contribution < 1.29 is 19.1 Å². The predicted molar refractivity (Wildman–Crippen MR) is 115 cm³/mol. The smallest absolute Gasteiger partial charge is 0.356 e. The van der Waals surface area contributed by atoms with Crippen molar-refractivity contribution in [2.24, 2.45) is 0 Å². The largest absolute Gasteiger partial charge is 0.496 e. The quantitative estimate of drug-likeness (QED) is 0.634. The van der Waals surface area contributed by atoms with Crippen molar-refractivity contribution in [3.63, 3.8) is 0 Å². The average Bonchev–Trinajstić information content (AvgIpc) is 3.16. The second-order valence-corrected chi connectivity index (χ2v) is 7.40. The van der Waals surface area contributed by atoms with E-state index in [0.29, 0.717) is 28.9 Å². The van der Waals surface area contributed by atoms with E-state index in [9.17, 15) is 9.59 Å².